The van der Waals surface area contributed by atoms with Crippen LogP contribution in [0.1, 0.15) is 40.5 Å². The van der Waals surface area contributed by atoms with Crippen molar-refractivity contribution in [1.82, 2.24) is 0 Å². The Morgan fingerprint density at radius 2 is 0.733 bits per heavy atom. The zero-order chi connectivity index (χ0) is 11.7. The molecule has 0 aliphatic carbocycles. The van der Waals surface area contributed by atoms with Crippen LogP contribution in [0.25, 0.3) is 0 Å². The molecule has 0 rings (SSSR count). The van der Waals surface area contributed by atoms with Crippen LogP contribution in [0.15, 0.2) is 0 Å². The van der Waals surface area contributed by atoms with E-state index in [9.17, 15) is 19.2 Å². The number of ketones is 4. The van der Waals surface area contributed by atoms with Crippen molar-refractivity contribution in [1.29, 1.82) is 0 Å². The Balaban J connectivity index is -0.000000180. The molecule has 0 aromatic carbocycles. The molecule has 0 atom stereocenters. The van der Waals surface area contributed by atoms with Crippen molar-refractivity contribution in [2.45, 2.75) is 40.5 Å². The van der Waals surface area contributed by atoms with Gasteiger partial charge in [-0.3, -0.25) is 19.2 Å². The summed E-state index contributed by atoms with van der Waals surface area (Å²) in [5, 5.41) is 0. The van der Waals surface area contributed by atoms with Crippen LogP contribution in [-0.4, -0.2) is 23.1 Å². The van der Waals surface area contributed by atoms with Crippen LogP contribution in [0.5, 0.6) is 0 Å². The molecule has 0 unspecified atom stereocenters. The molecule has 5 heteroatoms. The molecule has 0 heterocycles. The molecule has 0 amide bonds. The van der Waals surface area contributed by atoms with Crippen LogP contribution in [0.3, 0.4) is 0 Å². The molecule has 0 N–H and O–H groups in total. The van der Waals surface area contributed by atoms with Crippen LogP contribution in [0.2, 0.25) is 0 Å². The van der Waals surface area contributed by atoms with Gasteiger partial charge in [-0.25, -0.2) is 0 Å². The summed E-state index contributed by atoms with van der Waals surface area (Å²) in [4.78, 5) is 40.1. The van der Waals surface area contributed by atoms with Crippen LogP contribution in [-0.2, 0) is 36.2 Å². The maximum Gasteiger partial charge on any atom is 0.137 e. The zero-order valence-corrected chi connectivity index (χ0v) is 10.6. The summed E-state index contributed by atoms with van der Waals surface area (Å²) in [6, 6.07) is 0. The summed E-state index contributed by atoms with van der Waals surface area (Å²) in [6.07, 6.45) is 0.167. The molecule has 0 aromatic rings. The predicted octanol–water partition coefficient (Wildman–Crippen LogP) is 1.11. The number of hydrogen-bond donors (Lipinski definition) is 0. The minimum Gasteiger partial charge on any atom is -0.300 e. The van der Waals surface area contributed by atoms with Crippen molar-refractivity contribution in [2.24, 2.45) is 0 Å². The second-order valence-electron chi connectivity index (χ2n) is 3.16. The second kappa shape index (κ2) is 11.3. The monoisotopic (exact) mass is 255 g/mol. The number of carbonyl (C=O) groups is 4. The smallest absolute Gasteiger partial charge is 0.137 e. The van der Waals surface area contributed by atoms with E-state index in [1.54, 1.807) is 0 Å². The summed E-state index contributed by atoms with van der Waals surface area (Å²) >= 11 is 0. The van der Waals surface area contributed by atoms with Gasteiger partial charge in [-0.05, 0) is 27.7 Å². The first kappa shape index (κ1) is 19.7. The van der Waals surface area contributed by atoms with Gasteiger partial charge >= 0.3 is 0 Å². The van der Waals surface area contributed by atoms with E-state index >= 15 is 0 Å². The average Bonchev–Trinajstić information content (AvgIpc) is 1.79. The molecule has 0 spiro atoms. The molecule has 87 valence electrons. The fraction of sp³-hybridized carbons (Fsp3) is 0.600. The SMILES string of the molecule is CC(=O)CC(C)=O.CC(=O)CC(C)=O.[Mn]. The minimum atomic E-state index is -0.0625. The van der Waals surface area contributed by atoms with Gasteiger partial charge in [0.2, 0.25) is 0 Å². The molecule has 0 bridgehead atoms. The molecule has 0 aromatic heterocycles. The van der Waals surface area contributed by atoms with Crippen molar-refractivity contribution < 1.29 is 36.2 Å². The van der Waals surface area contributed by atoms with E-state index in [2.05, 4.69) is 0 Å². The Kier molecular flexibility index (Phi) is 14.8. The van der Waals surface area contributed by atoms with Crippen molar-refractivity contribution >= 4 is 23.1 Å². The topological polar surface area (TPSA) is 68.3 Å². The van der Waals surface area contributed by atoms with Crippen LogP contribution < -0.4 is 0 Å². The fourth-order valence-electron chi connectivity index (χ4n) is 0.701. The summed E-state index contributed by atoms with van der Waals surface area (Å²) in [5.41, 5.74) is 0. The molecule has 4 nitrogen and oxygen atoms in total. The van der Waals surface area contributed by atoms with Crippen LogP contribution >= 0.6 is 0 Å². The molecule has 1 radical (unpaired) electrons. The van der Waals surface area contributed by atoms with Gasteiger partial charge in [0.05, 0.1) is 12.8 Å². The number of Topliss-reactive ketones (excluding diaryl/α,β-unsaturated/α-hetero) is 4. The third kappa shape index (κ3) is 31.9. The van der Waals surface area contributed by atoms with Gasteiger partial charge in [0.25, 0.3) is 0 Å². The van der Waals surface area contributed by atoms with Crippen molar-refractivity contribution in [3.8, 4) is 0 Å². The van der Waals surface area contributed by atoms with E-state index in [4.69, 9.17) is 0 Å². The van der Waals surface area contributed by atoms with E-state index in [0.29, 0.717) is 0 Å². The molecular formula is C10H16MnO4. The van der Waals surface area contributed by atoms with E-state index in [1.165, 1.54) is 27.7 Å². The van der Waals surface area contributed by atoms with Crippen molar-refractivity contribution in [2.75, 3.05) is 0 Å². The van der Waals surface area contributed by atoms with Crippen molar-refractivity contribution in [3.05, 3.63) is 0 Å². The van der Waals surface area contributed by atoms with Crippen molar-refractivity contribution in [3.63, 3.8) is 0 Å². The second-order valence-corrected chi connectivity index (χ2v) is 3.16. The number of hydrogen-bond acceptors (Lipinski definition) is 4. The fourth-order valence-corrected chi connectivity index (χ4v) is 0.701. The normalized spacial score (nSPS) is 7.73. The van der Waals surface area contributed by atoms with E-state index < -0.39 is 0 Å². The Hall–Kier alpha value is -0.801. The van der Waals surface area contributed by atoms with Gasteiger partial charge in [0, 0.05) is 17.1 Å². The molecule has 0 saturated carbocycles. The molecule has 0 aliphatic rings. The summed E-state index contributed by atoms with van der Waals surface area (Å²) in [5.74, 6) is -0.250. The Bertz CT molecular complexity index is 196. The minimum absolute atomic E-state index is 0. The largest absolute Gasteiger partial charge is 0.300 e. The van der Waals surface area contributed by atoms with Crippen LogP contribution in [0, 0.1) is 0 Å². The van der Waals surface area contributed by atoms with Gasteiger partial charge < -0.3 is 0 Å². The summed E-state index contributed by atoms with van der Waals surface area (Å²) in [6.45, 7) is 5.62. The average molecular weight is 255 g/mol. The maximum atomic E-state index is 10.0. The molecule has 0 fully saturated rings. The molecule has 15 heavy (non-hydrogen) atoms. The third-order valence-corrected chi connectivity index (χ3v) is 0.996. The third-order valence-electron chi connectivity index (χ3n) is 0.996. The number of carbonyl (C=O) groups excluding carboxylic acids is 4. The zero-order valence-electron chi connectivity index (χ0n) is 9.43. The maximum absolute atomic E-state index is 10.0. The Morgan fingerprint density at radius 1 is 0.600 bits per heavy atom. The van der Waals surface area contributed by atoms with Gasteiger partial charge in [-0.1, -0.05) is 0 Å². The van der Waals surface area contributed by atoms with E-state index in [1.807, 2.05) is 0 Å². The van der Waals surface area contributed by atoms with Gasteiger partial charge in [-0.2, -0.15) is 0 Å². The standard InChI is InChI=1S/2C5H8O2.Mn/c2*1-4(6)3-5(2)7;/h2*3H2,1-2H3;. The predicted molar refractivity (Wildman–Crippen MR) is 52.0 cm³/mol. The molecule has 0 saturated heterocycles. The van der Waals surface area contributed by atoms with E-state index in [-0.39, 0.29) is 53.0 Å². The summed E-state index contributed by atoms with van der Waals surface area (Å²) < 4.78 is 0. The van der Waals surface area contributed by atoms with E-state index in [0.717, 1.165) is 0 Å². The molecular weight excluding hydrogens is 239 g/mol. The van der Waals surface area contributed by atoms with Gasteiger partial charge in [0.15, 0.2) is 0 Å². The quantitative estimate of drug-likeness (QED) is 0.557. The first-order chi connectivity index (χ1) is 6.25. The van der Waals surface area contributed by atoms with Crippen LogP contribution in [0.4, 0.5) is 0 Å². The Morgan fingerprint density at radius 3 is 0.733 bits per heavy atom. The Labute approximate surface area is 100 Å². The number of rotatable bonds is 4. The summed E-state index contributed by atoms with van der Waals surface area (Å²) in [7, 11) is 0. The molecule has 0 aliphatic heterocycles. The first-order valence-electron chi connectivity index (χ1n) is 4.23. The van der Waals surface area contributed by atoms with Gasteiger partial charge in [0.1, 0.15) is 23.1 Å². The van der Waals surface area contributed by atoms with Gasteiger partial charge in [-0.15, -0.1) is 0 Å². The first-order valence-corrected chi connectivity index (χ1v) is 4.23.